The molecular formula is C18H15F8NO. The second-order valence-electron chi connectivity index (χ2n) is 6.27. The number of benzene rings is 2. The van der Waals surface area contributed by atoms with Crippen LogP contribution in [0.1, 0.15) is 16.7 Å². The lowest BCUT2D eigenvalue weighted by atomic mass is 9.79. The Labute approximate surface area is 155 Å². The first kappa shape index (κ1) is 21.9. The first-order valence-electron chi connectivity index (χ1n) is 7.75. The molecule has 0 aliphatic carbocycles. The predicted octanol–water partition coefficient (Wildman–Crippen LogP) is 5.20. The zero-order chi connectivity index (χ0) is 21.5. The van der Waals surface area contributed by atoms with Crippen LogP contribution in [0.5, 0.6) is 0 Å². The maximum Gasteiger partial charge on any atom is 0.457 e. The van der Waals surface area contributed by atoms with Gasteiger partial charge in [-0.3, -0.25) is 0 Å². The number of anilines is 1. The van der Waals surface area contributed by atoms with Crippen molar-refractivity contribution < 1.29 is 40.2 Å². The summed E-state index contributed by atoms with van der Waals surface area (Å²) < 4.78 is 108. The molecule has 2 rings (SSSR count). The summed E-state index contributed by atoms with van der Waals surface area (Å²) >= 11 is 0. The second kappa shape index (κ2) is 6.91. The van der Waals surface area contributed by atoms with Crippen molar-refractivity contribution in [2.24, 2.45) is 0 Å². The van der Waals surface area contributed by atoms with E-state index in [1.54, 1.807) is 0 Å². The summed E-state index contributed by atoms with van der Waals surface area (Å²) in [6.07, 6.45) is -11.2. The van der Waals surface area contributed by atoms with Crippen molar-refractivity contribution >= 4 is 5.69 Å². The van der Waals surface area contributed by atoms with Gasteiger partial charge in [0.05, 0.1) is 5.56 Å². The highest BCUT2D eigenvalue weighted by atomic mass is 19.4. The molecule has 0 spiro atoms. The van der Waals surface area contributed by atoms with E-state index in [1.807, 2.05) is 0 Å². The minimum atomic E-state index is -6.24. The van der Waals surface area contributed by atoms with Crippen molar-refractivity contribution in [3.63, 3.8) is 0 Å². The van der Waals surface area contributed by atoms with E-state index in [0.29, 0.717) is 18.2 Å². The van der Waals surface area contributed by atoms with Crippen molar-refractivity contribution in [2.75, 3.05) is 19.0 Å². The first-order chi connectivity index (χ1) is 12.6. The molecule has 0 amide bonds. The third-order valence-corrected chi connectivity index (χ3v) is 4.19. The molecule has 0 fully saturated rings. The molecule has 0 radical (unpaired) electrons. The maximum atomic E-state index is 14.5. The summed E-state index contributed by atoms with van der Waals surface area (Å²) in [6, 6.07) is 6.27. The highest BCUT2D eigenvalue weighted by Crippen LogP contribution is 2.53. The highest BCUT2D eigenvalue weighted by molar-refractivity contribution is 5.59. The van der Waals surface area contributed by atoms with E-state index in [-0.39, 0.29) is 11.8 Å². The number of hydrogen-bond donors (Lipinski definition) is 1. The molecule has 2 nitrogen and oxygen atoms in total. The molecule has 0 saturated carbocycles. The molecule has 2 aromatic carbocycles. The van der Waals surface area contributed by atoms with E-state index in [1.165, 1.54) is 31.1 Å². The van der Waals surface area contributed by atoms with Crippen LogP contribution >= 0.6 is 0 Å². The van der Waals surface area contributed by atoms with Crippen molar-refractivity contribution in [1.29, 1.82) is 0 Å². The van der Waals surface area contributed by atoms with Crippen molar-refractivity contribution in [3.8, 4) is 0 Å². The van der Waals surface area contributed by atoms with Gasteiger partial charge in [-0.2, -0.15) is 35.1 Å². The molecule has 0 bridgehead atoms. The molecule has 0 aliphatic rings. The predicted molar refractivity (Wildman–Crippen MR) is 86.2 cm³/mol. The standard InChI is InChI=1S/C18H15F8NO/c1-27(2)14-9-4-3-8-13(14)15(28,17(22,23)18(24,25)26)11-6-5-7-12(10-11)16(19,20)21/h3-10,28H,1-2H3. The Balaban J connectivity index is 2.91. The number of para-hydroxylation sites is 1. The van der Waals surface area contributed by atoms with Gasteiger partial charge < -0.3 is 10.0 Å². The molecule has 0 aromatic heterocycles. The van der Waals surface area contributed by atoms with Crippen LogP contribution in [0.15, 0.2) is 48.5 Å². The van der Waals surface area contributed by atoms with Crippen molar-refractivity contribution in [1.82, 2.24) is 0 Å². The van der Waals surface area contributed by atoms with Gasteiger partial charge in [-0.25, -0.2) is 0 Å². The van der Waals surface area contributed by atoms with Gasteiger partial charge in [-0.15, -0.1) is 0 Å². The minimum absolute atomic E-state index is 0.0894. The Morgan fingerprint density at radius 1 is 0.750 bits per heavy atom. The van der Waals surface area contributed by atoms with E-state index in [0.717, 1.165) is 12.1 Å². The quantitative estimate of drug-likeness (QED) is 0.697. The summed E-state index contributed by atoms with van der Waals surface area (Å²) in [6.45, 7) is 0. The number of rotatable bonds is 4. The van der Waals surface area contributed by atoms with Gasteiger partial charge >= 0.3 is 18.3 Å². The van der Waals surface area contributed by atoms with Gasteiger partial charge in [0.15, 0.2) is 5.60 Å². The lowest BCUT2D eigenvalue weighted by Crippen LogP contribution is -2.56. The summed E-state index contributed by atoms with van der Waals surface area (Å²) in [5.41, 5.74) is -7.91. The van der Waals surface area contributed by atoms with E-state index < -0.39 is 40.6 Å². The fourth-order valence-corrected chi connectivity index (χ4v) is 2.80. The summed E-state index contributed by atoms with van der Waals surface area (Å²) in [7, 11) is 2.66. The molecule has 1 atom stereocenters. The number of halogens is 8. The lowest BCUT2D eigenvalue weighted by Gasteiger charge is -2.39. The lowest BCUT2D eigenvalue weighted by molar-refractivity contribution is -0.336. The minimum Gasteiger partial charge on any atom is -0.377 e. The zero-order valence-electron chi connectivity index (χ0n) is 14.5. The monoisotopic (exact) mass is 413 g/mol. The smallest absolute Gasteiger partial charge is 0.377 e. The number of hydrogen-bond acceptors (Lipinski definition) is 2. The Kier molecular flexibility index (Phi) is 5.41. The summed E-state index contributed by atoms with van der Waals surface area (Å²) in [4.78, 5) is 1.17. The Hall–Kier alpha value is -2.36. The van der Waals surface area contributed by atoms with Gasteiger partial charge in [0.2, 0.25) is 0 Å². The molecule has 1 N–H and O–H groups in total. The maximum absolute atomic E-state index is 14.5. The van der Waals surface area contributed by atoms with Crippen molar-refractivity contribution in [2.45, 2.75) is 23.9 Å². The second-order valence-corrected chi connectivity index (χ2v) is 6.27. The third kappa shape index (κ3) is 3.52. The average molecular weight is 413 g/mol. The molecular weight excluding hydrogens is 398 g/mol. The van der Waals surface area contributed by atoms with Gasteiger partial charge in [-0.1, -0.05) is 30.3 Å². The molecule has 154 valence electrons. The summed E-state index contributed by atoms with van der Waals surface area (Å²) in [5, 5.41) is 10.8. The van der Waals surface area contributed by atoms with Crippen LogP contribution in [0, 0.1) is 0 Å². The molecule has 1 unspecified atom stereocenters. The van der Waals surface area contributed by atoms with Crippen LogP contribution in [0.3, 0.4) is 0 Å². The highest BCUT2D eigenvalue weighted by Gasteiger charge is 2.71. The van der Waals surface area contributed by atoms with Gasteiger partial charge in [-0.05, 0) is 23.8 Å². The van der Waals surface area contributed by atoms with Crippen LogP contribution in [0.4, 0.5) is 40.8 Å². The molecule has 0 aliphatic heterocycles. The largest absolute Gasteiger partial charge is 0.457 e. The average Bonchev–Trinajstić information content (AvgIpc) is 2.59. The number of alkyl halides is 8. The van der Waals surface area contributed by atoms with Gasteiger partial charge in [0.1, 0.15) is 0 Å². The number of nitrogens with zero attached hydrogens (tertiary/aromatic N) is 1. The third-order valence-electron chi connectivity index (χ3n) is 4.19. The molecule has 28 heavy (non-hydrogen) atoms. The zero-order valence-corrected chi connectivity index (χ0v) is 14.5. The molecule has 0 saturated heterocycles. The Bertz CT molecular complexity index is 844. The van der Waals surface area contributed by atoms with E-state index in [9.17, 15) is 40.2 Å². The molecule has 2 aromatic rings. The summed E-state index contributed by atoms with van der Waals surface area (Å²) in [5.74, 6) is -5.80. The fourth-order valence-electron chi connectivity index (χ4n) is 2.80. The first-order valence-corrected chi connectivity index (χ1v) is 7.75. The molecule has 0 heterocycles. The van der Waals surface area contributed by atoms with Crippen LogP contribution in [0.25, 0.3) is 0 Å². The topological polar surface area (TPSA) is 23.5 Å². The Morgan fingerprint density at radius 3 is 1.79 bits per heavy atom. The van der Waals surface area contributed by atoms with E-state index in [2.05, 4.69) is 0 Å². The van der Waals surface area contributed by atoms with E-state index >= 15 is 0 Å². The van der Waals surface area contributed by atoms with Crippen LogP contribution in [-0.4, -0.2) is 31.3 Å². The normalized spacial score (nSPS) is 15.2. The molecule has 10 heteroatoms. The van der Waals surface area contributed by atoms with E-state index in [4.69, 9.17) is 0 Å². The van der Waals surface area contributed by atoms with Gasteiger partial charge in [0.25, 0.3) is 0 Å². The van der Waals surface area contributed by atoms with Crippen molar-refractivity contribution in [3.05, 3.63) is 65.2 Å². The van der Waals surface area contributed by atoms with Crippen LogP contribution in [0.2, 0.25) is 0 Å². The Morgan fingerprint density at radius 2 is 1.29 bits per heavy atom. The number of aliphatic hydroxyl groups is 1. The fraction of sp³-hybridized carbons (Fsp3) is 0.333. The van der Waals surface area contributed by atoms with Gasteiger partial charge in [0, 0.05) is 25.3 Å². The SMILES string of the molecule is CN(C)c1ccccc1C(O)(c1cccc(C(F)(F)F)c1)C(F)(F)C(F)(F)F. The van der Waals surface area contributed by atoms with Crippen LogP contribution < -0.4 is 4.90 Å². The van der Waals surface area contributed by atoms with Crippen LogP contribution in [-0.2, 0) is 11.8 Å².